The van der Waals surface area contributed by atoms with Crippen molar-refractivity contribution in [3.63, 3.8) is 0 Å². The molecule has 2 rings (SSSR count). The van der Waals surface area contributed by atoms with E-state index in [9.17, 15) is 15.0 Å². The quantitative estimate of drug-likeness (QED) is 0.503. The van der Waals surface area contributed by atoms with Crippen molar-refractivity contribution in [2.45, 2.75) is 12.2 Å². The van der Waals surface area contributed by atoms with Crippen LogP contribution in [0.3, 0.4) is 0 Å². The lowest BCUT2D eigenvalue weighted by atomic mass is 9.95. The van der Waals surface area contributed by atoms with E-state index in [0.29, 0.717) is 11.1 Å². The standard InChI is InChI=1S/C16H16O4/c1-20-16(19)10-9-13(15(18)11-16)7-8-14(17)12-5-3-2-4-6-12/h2-10,17,19H,11H2,1H3. The molecule has 4 heteroatoms. The molecule has 1 aromatic rings. The smallest absolute Gasteiger partial charge is 0.192 e. The number of hydrogen-bond donors (Lipinski definition) is 2. The number of allylic oxidation sites excluding steroid dienone is 4. The van der Waals surface area contributed by atoms with E-state index in [-0.39, 0.29) is 18.0 Å². The molecule has 20 heavy (non-hydrogen) atoms. The van der Waals surface area contributed by atoms with E-state index in [0.717, 1.165) is 0 Å². The second kappa shape index (κ2) is 5.86. The molecule has 1 aliphatic rings. The molecule has 0 amide bonds. The van der Waals surface area contributed by atoms with Gasteiger partial charge >= 0.3 is 0 Å². The van der Waals surface area contributed by atoms with Crippen LogP contribution >= 0.6 is 0 Å². The average Bonchev–Trinajstić information content (AvgIpc) is 2.47. The lowest BCUT2D eigenvalue weighted by Crippen LogP contribution is -2.34. The average molecular weight is 272 g/mol. The second-order valence-corrected chi connectivity index (χ2v) is 4.52. The number of carbonyl (C=O) groups excluding carboxylic acids is 1. The molecule has 0 aliphatic heterocycles. The highest BCUT2D eigenvalue weighted by Crippen LogP contribution is 2.23. The predicted molar refractivity (Wildman–Crippen MR) is 75.9 cm³/mol. The summed E-state index contributed by atoms with van der Waals surface area (Å²) in [5.74, 6) is -1.69. The van der Waals surface area contributed by atoms with Crippen LogP contribution in [-0.4, -0.2) is 28.9 Å². The van der Waals surface area contributed by atoms with Crippen molar-refractivity contribution in [2.24, 2.45) is 0 Å². The first-order valence-electron chi connectivity index (χ1n) is 6.20. The van der Waals surface area contributed by atoms with E-state index < -0.39 is 5.79 Å². The van der Waals surface area contributed by atoms with Crippen LogP contribution in [0.15, 0.2) is 60.2 Å². The number of rotatable bonds is 3. The Labute approximate surface area is 117 Å². The minimum atomic E-state index is -1.53. The van der Waals surface area contributed by atoms with Gasteiger partial charge in [0.15, 0.2) is 11.6 Å². The lowest BCUT2D eigenvalue weighted by molar-refractivity contribution is -0.160. The third kappa shape index (κ3) is 3.23. The molecule has 0 aromatic heterocycles. The van der Waals surface area contributed by atoms with Gasteiger partial charge < -0.3 is 14.9 Å². The summed E-state index contributed by atoms with van der Waals surface area (Å²) in [5.41, 5.74) is 1.08. The van der Waals surface area contributed by atoms with E-state index in [1.54, 1.807) is 12.1 Å². The molecule has 2 N–H and O–H groups in total. The highest BCUT2D eigenvalue weighted by atomic mass is 16.6. The van der Waals surface area contributed by atoms with E-state index in [4.69, 9.17) is 4.74 Å². The summed E-state index contributed by atoms with van der Waals surface area (Å²) >= 11 is 0. The summed E-state index contributed by atoms with van der Waals surface area (Å²) in [6, 6.07) is 9.03. The van der Waals surface area contributed by atoms with Crippen LogP contribution in [-0.2, 0) is 9.53 Å². The largest absolute Gasteiger partial charge is 0.507 e. The van der Waals surface area contributed by atoms with Gasteiger partial charge in [0.25, 0.3) is 0 Å². The lowest BCUT2D eigenvalue weighted by Gasteiger charge is -2.25. The topological polar surface area (TPSA) is 66.8 Å². The molecule has 1 aromatic carbocycles. The normalized spacial score (nSPS) is 25.2. The molecule has 0 saturated heterocycles. The maximum absolute atomic E-state index is 11.8. The SMILES string of the molecule is COC1(O)C=CC(=CC=C(O)c2ccccc2)C(=O)C1. The first kappa shape index (κ1) is 14.2. The van der Waals surface area contributed by atoms with Crippen LogP contribution in [0.2, 0.25) is 0 Å². The Balaban J connectivity index is 2.21. The van der Waals surface area contributed by atoms with Gasteiger partial charge in [-0.3, -0.25) is 4.79 Å². The fourth-order valence-electron chi connectivity index (χ4n) is 1.87. The highest BCUT2D eigenvalue weighted by molar-refractivity contribution is 6.00. The van der Waals surface area contributed by atoms with Gasteiger partial charge in [-0.2, -0.15) is 0 Å². The number of hydrogen-bond acceptors (Lipinski definition) is 4. The van der Waals surface area contributed by atoms with Crippen molar-refractivity contribution in [1.29, 1.82) is 0 Å². The minimum Gasteiger partial charge on any atom is -0.507 e. The Kier molecular flexibility index (Phi) is 4.17. The molecular formula is C16H16O4. The summed E-state index contributed by atoms with van der Waals surface area (Å²) < 4.78 is 4.85. The first-order chi connectivity index (χ1) is 9.54. The van der Waals surface area contributed by atoms with E-state index in [2.05, 4.69) is 0 Å². The Bertz CT molecular complexity index is 584. The zero-order valence-corrected chi connectivity index (χ0v) is 11.1. The molecule has 0 bridgehead atoms. The molecule has 1 aliphatic carbocycles. The summed E-state index contributed by atoms with van der Waals surface area (Å²) in [4.78, 5) is 11.8. The maximum Gasteiger partial charge on any atom is 0.192 e. The third-order valence-corrected chi connectivity index (χ3v) is 3.10. The van der Waals surface area contributed by atoms with Crippen molar-refractivity contribution in [3.8, 4) is 0 Å². The Morgan fingerprint density at radius 3 is 2.65 bits per heavy atom. The summed E-state index contributed by atoms with van der Waals surface area (Å²) in [7, 11) is 1.34. The summed E-state index contributed by atoms with van der Waals surface area (Å²) in [5, 5.41) is 19.7. The molecule has 0 spiro atoms. The summed E-state index contributed by atoms with van der Waals surface area (Å²) in [6.45, 7) is 0. The van der Waals surface area contributed by atoms with Gasteiger partial charge in [0.1, 0.15) is 5.76 Å². The van der Waals surface area contributed by atoms with Gasteiger partial charge in [-0.1, -0.05) is 36.4 Å². The Morgan fingerprint density at radius 2 is 2.05 bits per heavy atom. The maximum atomic E-state index is 11.8. The van der Waals surface area contributed by atoms with Crippen molar-refractivity contribution in [3.05, 3.63) is 65.8 Å². The Hall–Kier alpha value is -2.17. The zero-order chi connectivity index (χ0) is 14.6. The number of Topliss-reactive ketones (excluding diaryl/α,β-unsaturated/α-hetero) is 1. The molecule has 4 nitrogen and oxygen atoms in total. The van der Waals surface area contributed by atoms with Crippen LogP contribution in [0, 0.1) is 0 Å². The van der Waals surface area contributed by atoms with Crippen LogP contribution in [0.25, 0.3) is 5.76 Å². The van der Waals surface area contributed by atoms with Gasteiger partial charge in [0.05, 0.1) is 6.42 Å². The van der Waals surface area contributed by atoms with Crippen LogP contribution in [0.5, 0.6) is 0 Å². The monoisotopic (exact) mass is 272 g/mol. The second-order valence-electron chi connectivity index (χ2n) is 4.52. The summed E-state index contributed by atoms with van der Waals surface area (Å²) in [6.07, 6.45) is 5.77. The van der Waals surface area contributed by atoms with Crippen molar-refractivity contribution < 1.29 is 19.7 Å². The van der Waals surface area contributed by atoms with Crippen LogP contribution in [0.1, 0.15) is 12.0 Å². The number of aliphatic hydroxyl groups excluding tert-OH is 1. The first-order valence-corrected chi connectivity index (χ1v) is 6.20. The number of benzene rings is 1. The fourth-order valence-corrected chi connectivity index (χ4v) is 1.87. The number of aliphatic hydroxyl groups is 2. The number of methoxy groups -OCH3 is 1. The number of ether oxygens (including phenoxy) is 1. The Morgan fingerprint density at radius 1 is 1.35 bits per heavy atom. The highest BCUT2D eigenvalue weighted by Gasteiger charge is 2.31. The van der Waals surface area contributed by atoms with E-state index >= 15 is 0 Å². The molecule has 1 unspecified atom stereocenters. The number of ketones is 1. The van der Waals surface area contributed by atoms with Gasteiger partial charge in [-0.05, 0) is 18.2 Å². The molecular weight excluding hydrogens is 256 g/mol. The molecule has 1 atom stereocenters. The molecule has 0 radical (unpaired) electrons. The van der Waals surface area contributed by atoms with Gasteiger partial charge in [-0.15, -0.1) is 0 Å². The van der Waals surface area contributed by atoms with Crippen LogP contribution in [0.4, 0.5) is 0 Å². The van der Waals surface area contributed by atoms with E-state index in [1.165, 1.54) is 31.4 Å². The van der Waals surface area contributed by atoms with Crippen molar-refractivity contribution in [2.75, 3.05) is 7.11 Å². The van der Waals surface area contributed by atoms with Crippen molar-refractivity contribution in [1.82, 2.24) is 0 Å². The third-order valence-electron chi connectivity index (χ3n) is 3.10. The molecule has 0 fully saturated rings. The van der Waals surface area contributed by atoms with Crippen LogP contribution < -0.4 is 0 Å². The van der Waals surface area contributed by atoms with Gasteiger partial charge in [0, 0.05) is 18.2 Å². The fraction of sp³-hybridized carbons (Fsp3) is 0.188. The van der Waals surface area contributed by atoms with Gasteiger partial charge in [0.2, 0.25) is 0 Å². The van der Waals surface area contributed by atoms with E-state index in [1.807, 2.05) is 18.2 Å². The zero-order valence-electron chi connectivity index (χ0n) is 11.1. The van der Waals surface area contributed by atoms with Gasteiger partial charge in [-0.25, -0.2) is 0 Å². The molecule has 0 saturated carbocycles. The van der Waals surface area contributed by atoms with Crippen molar-refractivity contribution >= 4 is 11.5 Å². The predicted octanol–water partition coefficient (Wildman–Crippen LogP) is 2.38. The minimum absolute atomic E-state index is 0.0758. The molecule has 0 heterocycles. The molecule has 104 valence electrons. The number of carbonyl (C=O) groups is 1.